The van der Waals surface area contributed by atoms with Crippen LogP contribution in [0.2, 0.25) is 0 Å². The molecule has 0 N–H and O–H groups in total. The Morgan fingerprint density at radius 1 is 1.08 bits per heavy atom. The van der Waals surface area contributed by atoms with E-state index in [1.165, 1.54) is 12.1 Å². The topological polar surface area (TPSA) is 29.0 Å². The SMILES string of the molecule is FC(F)(F)c1ccc(C23CC2CN(CCCCc2ncccn2)C3)cc1. The molecule has 3 nitrogen and oxygen atoms in total. The van der Waals surface area contributed by atoms with Crippen LogP contribution < -0.4 is 0 Å². The molecule has 138 valence electrons. The second kappa shape index (κ2) is 6.65. The number of alkyl halides is 3. The molecule has 0 radical (unpaired) electrons. The lowest BCUT2D eigenvalue weighted by Gasteiger charge is -2.21. The summed E-state index contributed by atoms with van der Waals surface area (Å²) >= 11 is 0. The fraction of sp³-hybridized carbons (Fsp3) is 0.500. The van der Waals surface area contributed by atoms with Crippen molar-refractivity contribution in [2.24, 2.45) is 5.92 Å². The van der Waals surface area contributed by atoms with E-state index in [4.69, 9.17) is 0 Å². The number of piperidine rings is 1. The molecule has 1 aromatic heterocycles. The number of aromatic nitrogens is 2. The summed E-state index contributed by atoms with van der Waals surface area (Å²) in [5, 5.41) is 0. The lowest BCUT2D eigenvalue weighted by molar-refractivity contribution is -0.137. The minimum absolute atomic E-state index is 0.0900. The molecule has 0 bridgehead atoms. The van der Waals surface area contributed by atoms with E-state index in [0.717, 1.165) is 56.7 Å². The molecule has 2 heterocycles. The van der Waals surface area contributed by atoms with Gasteiger partial charge in [-0.2, -0.15) is 13.2 Å². The smallest absolute Gasteiger partial charge is 0.302 e. The molecule has 0 amide bonds. The Morgan fingerprint density at radius 3 is 2.50 bits per heavy atom. The van der Waals surface area contributed by atoms with Crippen LogP contribution in [0.5, 0.6) is 0 Å². The minimum Gasteiger partial charge on any atom is -0.302 e. The van der Waals surface area contributed by atoms with Gasteiger partial charge in [-0.15, -0.1) is 0 Å². The van der Waals surface area contributed by atoms with Crippen molar-refractivity contribution >= 4 is 0 Å². The van der Waals surface area contributed by atoms with Gasteiger partial charge in [0.1, 0.15) is 5.82 Å². The fourth-order valence-corrected chi connectivity index (χ4v) is 4.27. The van der Waals surface area contributed by atoms with Gasteiger partial charge in [0.2, 0.25) is 0 Å². The number of unbranched alkanes of at least 4 members (excludes halogenated alkanes) is 1. The van der Waals surface area contributed by atoms with Crippen LogP contribution >= 0.6 is 0 Å². The Balaban J connectivity index is 1.28. The molecule has 2 aliphatic rings. The number of likely N-dealkylation sites (tertiary alicyclic amines) is 1. The van der Waals surface area contributed by atoms with Crippen LogP contribution in [-0.4, -0.2) is 34.5 Å². The summed E-state index contributed by atoms with van der Waals surface area (Å²) in [6.45, 7) is 3.06. The van der Waals surface area contributed by atoms with E-state index in [-0.39, 0.29) is 5.41 Å². The fourth-order valence-electron chi connectivity index (χ4n) is 4.27. The number of fused-ring (bicyclic) bond motifs is 1. The van der Waals surface area contributed by atoms with E-state index in [0.29, 0.717) is 5.92 Å². The highest BCUT2D eigenvalue weighted by molar-refractivity contribution is 5.39. The largest absolute Gasteiger partial charge is 0.416 e. The molecule has 1 aliphatic carbocycles. The first-order valence-corrected chi connectivity index (χ1v) is 9.13. The van der Waals surface area contributed by atoms with Gasteiger partial charge >= 0.3 is 6.18 Å². The zero-order chi connectivity index (χ0) is 18.2. The van der Waals surface area contributed by atoms with Gasteiger partial charge in [-0.05, 0) is 55.5 Å². The molecule has 1 saturated carbocycles. The molecule has 6 heteroatoms. The second-order valence-electron chi connectivity index (χ2n) is 7.49. The summed E-state index contributed by atoms with van der Waals surface area (Å²) in [6, 6.07) is 7.63. The van der Waals surface area contributed by atoms with Gasteiger partial charge in [0.15, 0.2) is 0 Å². The minimum atomic E-state index is -4.26. The van der Waals surface area contributed by atoms with E-state index in [2.05, 4.69) is 14.9 Å². The average Bonchev–Trinajstić information content (AvgIpc) is 3.21. The molecule has 1 aliphatic heterocycles. The number of aryl methyl sites for hydroxylation is 1. The zero-order valence-electron chi connectivity index (χ0n) is 14.5. The Morgan fingerprint density at radius 2 is 1.81 bits per heavy atom. The highest BCUT2D eigenvalue weighted by Crippen LogP contribution is 2.59. The van der Waals surface area contributed by atoms with Crippen LogP contribution in [0.1, 0.15) is 36.2 Å². The normalized spacial score (nSPS) is 25.3. The van der Waals surface area contributed by atoms with Gasteiger partial charge in [0, 0.05) is 37.3 Å². The van der Waals surface area contributed by atoms with Crippen LogP contribution in [-0.2, 0) is 18.0 Å². The van der Waals surface area contributed by atoms with E-state index in [1.807, 2.05) is 6.07 Å². The van der Waals surface area contributed by atoms with Crippen molar-refractivity contribution in [3.63, 3.8) is 0 Å². The van der Waals surface area contributed by atoms with Crippen LogP contribution in [0.4, 0.5) is 13.2 Å². The van der Waals surface area contributed by atoms with E-state index < -0.39 is 11.7 Å². The number of hydrogen-bond acceptors (Lipinski definition) is 3. The van der Waals surface area contributed by atoms with Gasteiger partial charge in [-0.3, -0.25) is 0 Å². The van der Waals surface area contributed by atoms with Crippen LogP contribution in [0.15, 0.2) is 42.7 Å². The molecule has 2 fully saturated rings. The van der Waals surface area contributed by atoms with Crippen molar-refractivity contribution in [2.75, 3.05) is 19.6 Å². The van der Waals surface area contributed by atoms with Crippen molar-refractivity contribution in [2.45, 2.75) is 37.3 Å². The lowest BCUT2D eigenvalue weighted by Crippen LogP contribution is -2.27. The maximum Gasteiger partial charge on any atom is 0.416 e. The third-order valence-electron chi connectivity index (χ3n) is 5.75. The van der Waals surface area contributed by atoms with Crippen molar-refractivity contribution in [1.82, 2.24) is 14.9 Å². The number of halogens is 3. The van der Waals surface area contributed by atoms with Gasteiger partial charge in [0.05, 0.1) is 5.56 Å². The summed E-state index contributed by atoms with van der Waals surface area (Å²) in [5.41, 5.74) is 0.593. The molecule has 2 atom stereocenters. The summed E-state index contributed by atoms with van der Waals surface area (Å²) in [4.78, 5) is 10.9. The predicted octanol–water partition coefficient (Wildman–Crippen LogP) is 4.09. The Bertz CT molecular complexity index is 745. The molecule has 1 saturated heterocycles. The van der Waals surface area contributed by atoms with E-state index in [1.54, 1.807) is 24.5 Å². The lowest BCUT2D eigenvalue weighted by atomic mass is 9.94. The summed E-state index contributed by atoms with van der Waals surface area (Å²) in [6.07, 6.45) is 3.42. The molecule has 26 heavy (non-hydrogen) atoms. The molecular formula is C20H22F3N3. The van der Waals surface area contributed by atoms with E-state index >= 15 is 0 Å². The predicted molar refractivity (Wildman–Crippen MR) is 92.6 cm³/mol. The third-order valence-corrected chi connectivity index (χ3v) is 5.75. The van der Waals surface area contributed by atoms with Crippen molar-refractivity contribution < 1.29 is 13.2 Å². The summed E-state index contributed by atoms with van der Waals surface area (Å²) in [5.74, 6) is 1.48. The third kappa shape index (κ3) is 3.47. The van der Waals surface area contributed by atoms with Crippen molar-refractivity contribution in [3.05, 3.63) is 59.7 Å². The van der Waals surface area contributed by atoms with Gasteiger partial charge < -0.3 is 4.90 Å². The Hall–Kier alpha value is -1.95. The molecular weight excluding hydrogens is 339 g/mol. The molecule has 1 aromatic carbocycles. The second-order valence-corrected chi connectivity index (χ2v) is 7.49. The van der Waals surface area contributed by atoms with Gasteiger partial charge in [-0.1, -0.05) is 12.1 Å². The molecule has 4 rings (SSSR count). The van der Waals surface area contributed by atoms with Crippen LogP contribution in [0.25, 0.3) is 0 Å². The number of rotatable bonds is 6. The quantitative estimate of drug-likeness (QED) is 0.726. The maximum atomic E-state index is 12.7. The van der Waals surface area contributed by atoms with Crippen LogP contribution in [0, 0.1) is 5.92 Å². The van der Waals surface area contributed by atoms with Gasteiger partial charge in [0.25, 0.3) is 0 Å². The maximum absolute atomic E-state index is 12.7. The molecule has 0 spiro atoms. The van der Waals surface area contributed by atoms with Crippen LogP contribution in [0.3, 0.4) is 0 Å². The average molecular weight is 361 g/mol. The summed E-state index contributed by atoms with van der Waals surface area (Å²) < 4.78 is 38.2. The first-order valence-electron chi connectivity index (χ1n) is 9.13. The Kier molecular flexibility index (Phi) is 4.47. The monoisotopic (exact) mass is 361 g/mol. The molecule has 2 aromatic rings. The van der Waals surface area contributed by atoms with Crippen molar-refractivity contribution in [3.8, 4) is 0 Å². The van der Waals surface area contributed by atoms with E-state index in [9.17, 15) is 13.2 Å². The Labute approximate surface area is 151 Å². The molecule has 2 unspecified atom stereocenters. The first-order chi connectivity index (χ1) is 12.5. The van der Waals surface area contributed by atoms with Gasteiger partial charge in [-0.25, -0.2) is 9.97 Å². The highest BCUT2D eigenvalue weighted by Gasteiger charge is 2.60. The zero-order valence-corrected chi connectivity index (χ0v) is 14.5. The first kappa shape index (κ1) is 17.5. The summed E-state index contributed by atoms with van der Waals surface area (Å²) in [7, 11) is 0. The number of benzene rings is 1. The highest BCUT2D eigenvalue weighted by atomic mass is 19.4. The number of nitrogens with zero attached hydrogens (tertiary/aromatic N) is 3. The number of hydrogen-bond donors (Lipinski definition) is 0. The standard InChI is InChI=1S/C20H22F3N3/c21-20(22,23)16-7-5-15(6-8-16)19-12-17(19)13-26(14-19)11-2-1-4-18-24-9-3-10-25-18/h3,5-10,17H,1-2,4,11-14H2. The van der Waals surface area contributed by atoms with Crippen molar-refractivity contribution in [1.29, 1.82) is 0 Å².